The molecule has 21 heavy (non-hydrogen) atoms. The molecule has 2 N–H and O–H groups in total. The summed E-state index contributed by atoms with van der Waals surface area (Å²) in [6.45, 7) is 2.60. The first-order chi connectivity index (χ1) is 9.87. The summed E-state index contributed by atoms with van der Waals surface area (Å²) in [5.41, 5.74) is -0.509. The molecule has 1 fully saturated rings. The summed E-state index contributed by atoms with van der Waals surface area (Å²) in [6.07, 6.45) is 1.87. The van der Waals surface area contributed by atoms with E-state index in [1.54, 1.807) is 11.9 Å². The van der Waals surface area contributed by atoms with E-state index in [1.807, 2.05) is 6.92 Å². The summed E-state index contributed by atoms with van der Waals surface area (Å²) in [5, 5.41) is 11.5. The van der Waals surface area contributed by atoms with Crippen molar-refractivity contribution in [2.45, 2.75) is 13.3 Å². The predicted molar refractivity (Wildman–Crippen MR) is 73.9 cm³/mol. The molecule has 0 saturated carbocycles. The highest BCUT2D eigenvalue weighted by Gasteiger charge is 2.41. The zero-order chi connectivity index (χ0) is 15.6. The molecule has 0 spiro atoms. The van der Waals surface area contributed by atoms with Gasteiger partial charge in [0.25, 0.3) is 5.91 Å². The van der Waals surface area contributed by atoms with Crippen molar-refractivity contribution in [2.24, 2.45) is 5.41 Å². The third kappa shape index (κ3) is 2.86. The van der Waals surface area contributed by atoms with Crippen LogP contribution in [0.15, 0.2) is 18.3 Å². The van der Waals surface area contributed by atoms with Gasteiger partial charge >= 0.3 is 5.97 Å². The number of nitrogens with zero attached hydrogens (tertiary/aromatic N) is 2. The SMILES string of the molecule is CNC(=O)C1(C)CCN(C(=O)c2ccnc(C(=O)O)c2)C1. The fraction of sp³-hybridized carbons (Fsp3) is 0.429. The Bertz CT molecular complexity index is 602. The fourth-order valence-electron chi connectivity index (χ4n) is 2.48. The minimum Gasteiger partial charge on any atom is -0.477 e. The van der Waals surface area contributed by atoms with E-state index in [2.05, 4.69) is 10.3 Å². The van der Waals surface area contributed by atoms with Gasteiger partial charge in [0.1, 0.15) is 5.69 Å². The second-order valence-corrected chi connectivity index (χ2v) is 5.35. The molecule has 1 aromatic heterocycles. The van der Waals surface area contributed by atoms with Crippen LogP contribution in [0.5, 0.6) is 0 Å². The molecule has 2 rings (SSSR count). The van der Waals surface area contributed by atoms with Gasteiger partial charge in [-0.15, -0.1) is 0 Å². The van der Waals surface area contributed by atoms with E-state index < -0.39 is 11.4 Å². The van der Waals surface area contributed by atoms with Gasteiger partial charge in [-0.25, -0.2) is 9.78 Å². The lowest BCUT2D eigenvalue weighted by Crippen LogP contribution is -2.40. The predicted octanol–water partition coefficient (Wildman–Crippen LogP) is 0.378. The summed E-state index contributed by atoms with van der Waals surface area (Å²) >= 11 is 0. The van der Waals surface area contributed by atoms with Crippen LogP contribution >= 0.6 is 0 Å². The van der Waals surface area contributed by atoms with Crippen molar-refractivity contribution in [3.8, 4) is 0 Å². The molecule has 0 aromatic carbocycles. The van der Waals surface area contributed by atoms with Gasteiger partial charge in [0.2, 0.25) is 5.91 Å². The van der Waals surface area contributed by atoms with Crippen molar-refractivity contribution in [1.82, 2.24) is 15.2 Å². The van der Waals surface area contributed by atoms with E-state index in [-0.39, 0.29) is 23.1 Å². The average Bonchev–Trinajstić information content (AvgIpc) is 2.89. The molecule has 1 atom stereocenters. The molecule has 0 aliphatic carbocycles. The number of rotatable bonds is 3. The number of carbonyl (C=O) groups excluding carboxylic acids is 2. The Morgan fingerprint density at radius 1 is 1.43 bits per heavy atom. The number of hydrogen-bond acceptors (Lipinski definition) is 4. The number of nitrogens with one attached hydrogen (secondary N) is 1. The number of aromatic carboxylic acids is 1. The Balaban J connectivity index is 2.17. The van der Waals surface area contributed by atoms with Crippen LogP contribution in [0.1, 0.15) is 34.2 Å². The average molecular weight is 291 g/mol. The topological polar surface area (TPSA) is 99.6 Å². The summed E-state index contributed by atoms with van der Waals surface area (Å²) < 4.78 is 0. The summed E-state index contributed by atoms with van der Waals surface area (Å²) in [4.78, 5) is 40.4. The molecule has 7 nitrogen and oxygen atoms in total. The maximum atomic E-state index is 12.4. The van der Waals surface area contributed by atoms with Gasteiger partial charge in [-0.3, -0.25) is 9.59 Å². The van der Waals surface area contributed by atoms with Crippen LogP contribution in [-0.2, 0) is 4.79 Å². The molecule has 1 saturated heterocycles. The van der Waals surface area contributed by atoms with Crippen LogP contribution in [0.25, 0.3) is 0 Å². The van der Waals surface area contributed by atoms with Gasteiger partial charge in [-0.05, 0) is 25.5 Å². The minimum absolute atomic E-state index is 0.0984. The Morgan fingerprint density at radius 2 is 2.14 bits per heavy atom. The van der Waals surface area contributed by atoms with Crippen molar-refractivity contribution in [3.63, 3.8) is 0 Å². The summed E-state index contributed by atoms with van der Waals surface area (Å²) in [7, 11) is 1.57. The lowest BCUT2D eigenvalue weighted by molar-refractivity contribution is -0.128. The third-order valence-electron chi connectivity index (χ3n) is 3.76. The highest BCUT2D eigenvalue weighted by Crippen LogP contribution is 2.30. The second kappa shape index (κ2) is 5.51. The molecule has 1 aliphatic rings. The summed E-state index contributed by atoms with van der Waals surface area (Å²) in [6, 6.07) is 2.73. The van der Waals surface area contributed by atoms with Gasteiger partial charge in [0.15, 0.2) is 0 Å². The number of carboxylic acid groups (broad SMARTS) is 1. The van der Waals surface area contributed by atoms with Crippen LogP contribution < -0.4 is 5.32 Å². The van der Waals surface area contributed by atoms with E-state index in [0.29, 0.717) is 19.5 Å². The molecule has 0 radical (unpaired) electrons. The monoisotopic (exact) mass is 291 g/mol. The van der Waals surface area contributed by atoms with Crippen LogP contribution in [0.4, 0.5) is 0 Å². The van der Waals surface area contributed by atoms with E-state index >= 15 is 0 Å². The van der Waals surface area contributed by atoms with E-state index in [9.17, 15) is 14.4 Å². The van der Waals surface area contributed by atoms with Crippen molar-refractivity contribution >= 4 is 17.8 Å². The van der Waals surface area contributed by atoms with Crippen LogP contribution in [0.2, 0.25) is 0 Å². The molecule has 2 amide bonds. The maximum Gasteiger partial charge on any atom is 0.354 e. The first-order valence-corrected chi connectivity index (χ1v) is 6.58. The number of likely N-dealkylation sites (tertiary alicyclic amines) is 1. The maximum absolute atomic E-state index is 12.4. The molecule has 7 heteroatoms. The molecule has 112 valence electrons. The quantitative estimate of drug-likeness (QED) is 0.838. The highest BCUT2D eigenvalue weighted by molar-refractivity contribution is 5.97. The first-order valence-electron chi connectivity index (χ1n) is 6.58. The fourth-order valence-corrected chi connectivity index (χ4v) is 2.48. The van der Waals surface area contributed by atoms with E-state index in [4.69, 9.17) is 5.11 Å². The molecular formula is C14H17N3O4. The molecule has 1 unspecified atom stereocenters. The highest BCUT2D eigenvalue weighted by atomic mass is 16.4. The Morgan fingerprint density at radius 3 is 2.76 bits per heavy atom. The standard InChI is InChI=1S/C14H17N3O4/c1-14(13(21)15-2)4-6-17(8-14)11(18)9-3-5-16-10(7-9)12(19)20/h3,5,7H,4,6,8H2,1-2H3,(H,15,21)(H,19,20). The molecule has 0 bridgehead atoms. The van der Waals surface area contributed by atoms with Gasteiger partial charge in [0.05, 0.1) is 5.41 Å². The van der Waals surface area contributed by atoms with Crippen LogP contribution in [0.3, 0.4) is 0 Å². The minimum atomic E-state index is -1.18. The van der Waals surface area contributed by atoms with Crippen molar-refractivity contribution in [3.05, 3.63) is 29.6 Å². The Labute approximate surface area is 122 Å². The van der Waals surface area contributed by atoms with Crippen molar-refractivity contribution in [1.29, 1.82) is 0 Å². The number of carbonyl (C=O) groups is 3. The zero-order valence-corrected chi connectivity index (χ0v) is 11.9. The van der Waals surface area contributed by atoms with Crippen molar-refractivity contribution < 1.29 is 19.5 Å². The largest absolute Gasteiger partial charge is 0.477 e. The van der Waals surface area contributed by atoms with Crippen molar-refractivity contribution in [2.75, 3.05) is 20.1 Å². The molecule has 2 heterocycles. The number of pyridine rings is 1. The lowest BCUT2D eigenvalue weighted by atomic mass is 9.89. The van der Waals surface area contributed by atoms with Gasteiger partial charge < -0.3 is 15.3 Å². The number of carboxylic acids is 1. The Kier molecular flexibility index (Phi) is 3.93. The zero-order valence-electron chi connectivity index (χ0n) is 11.9. The lowest BCUT2D eigenvalue weighted by Gasteiger charge is -2.22. The number of hydrogen-bond donors (Lipinski definition) is 2. The van der Waals surface area contributed by atoms with Gasteiger partial charge in [-0.1, -0.05) is 0 Å². The molecule has 1 aromatic rings. The third-order valence-corrected chi connectivity index (χ3v) is 3.76. The normalized spacial score (nSPS) is 21.1. The smallest absolute Gasteiger partial charge is 0.354 e. The molecular weight excluding hydrogens is 274 g/mol. The first kappa shape index (κ1) is 15.0. The Hall–Kier alpha value is -2.44. The van der Waals surface area contributed by atoms with Gasteiger partial charge in [-0.2, -0.15) is 0 Å². The van der Waals surface area contributed by atoms with E-state index in [0.717, 1.165) is 0 Å². The van der Waals surface area contributed by atoms with Crippen LogP contribution in [0, 0.1) is 5.41 Å². The summed E-state index contributed by atoms with van der Waals surface area (Å²) in [5.74, 6) is -1.56. The number of aromatic nitrogens is 1. The molecule has 1 aliphatic heterocycles. The number of amides is 2. The van der Waals surface area contributed by atoms with Crippen LogP contribution in [-0.4, -0.2) is 52.9 Å². The second-order valence-electron chi connectivity index (χ2n) is 5.35. The van der Waals surface area contributed by atoms with Gasteiger partial charge in [0, 0.05) is 31.9 Å². The van der Waals surface area contributed by atoms with E-state index in [1.165, 1.54) is 18.3 Å².